The molecule has 0 unspecified atom stereocenters. The van der Waals surface area contributed by atoms with Crippen LogP contribution in [0.4, 0.5) is 10.5 Å². The first-order chi connectivity index (χ1) is 9.69. The highest BCUT2D eigenvalue weighted by Gasteiger charge is 2.44. The summed E-state index contributed by atoms with van der Waals surface area (Å²) < 4.78 is 0. The molecule has 1 heterocycles. The second-order valence-electron chi connectivity index (χ2n) is 5.95. The van der Waals surface area contributed by atoms with Crippen LogP contribution < -0.4 is 5.32 Å². The third kappa shape index (κ3) is 2.92. The number of nitrogens with zero attached hydrogens (tertiary/aromatic N) is 3. The highest BCUT2D eigenvalue weighted by atomic mass is 16.2. The fraction of sp³-hybridized carbons (Fsp3) is 0.667. The summed E-state index contributed by atoms with van der Waals surface area (Å²) >= 11 is 0. The van der Waals surface area contributed by atoms with Crippen molar-refractivity contribution >= 4 is 11.7 Å². The highest BCUT2D eigenvalue weighted by Crippen LogP contribution is 2.46. The molecule has 5 nitrogen and oxygen atoms in total. The molecule has 2 aliphatic carbocycles. The van der Waals surface area contributed by atoms with E-state index in [4.69, 9.17) is 0 Å². The van der Waals surface area contributed by atoms with Gasteiger partial charge in [0.1, 0.15) is 5.82 Å². The minimum atomic E-state index is -0.0401. The Morgan fingerprint density at radius 3 is 2.30 bits per heavy atom. The van der Waals surface area contributed by atoms with E-state index in [0.29, 0.717) is 11.7 Å². The molecule has 20 heavy (non-hydrogen) atoms. The summed E-state index contributed by atoms with van der Waals surface area (Å²) in [5, 5.41) is 2.90. The van der Waals surface area contributed by atoms with Crippen LogP contribution in [0.2, 0.25) is 0 Å². The summed E-state index contributed by atoms with van der Waals surface area (Å²) in [4.78, 5) is 22.6. The molecule has 108 valence electrons. The molecule has 0 aliphatic heterocycles. The Morgan fingerprint density at radius 2 is 1.85 bits per heavy atom. The van der Waals surface area contributed by atoms with E-state index >= 15 is 0 Å². The number of hydrogen-bond donors (Lipinski definition) is 1. The van der Waals surface area contributed by atoms with E-state index in [-0.39, 0.29) is 6.03 Å². The van der Waals surface area contributed by atoms with Gasteiger partial charge in [-0.2, -0.15) is 0 Å². The minimum Gasteiger partial charge on any atom is -0.324 e. The van der Waals surface area contributed by atoms with E-state index in [1.807, 2.05) is 18.9 Å². The molecule has 2 amide bonds. The number of amides is 2. The minimum absolute atomic E-state index is 0.0401. The van der Waals surface area contributed by atoms with Crippen molar-refractivity contribution in [3.8, 4) is 0 Å². The maximum absolute atomic E-state index is 12.3. The van der Waals surface area contributed by atoms with Crippen molar-refractivity contribution in [1.29, 1.82) is 0 Å². The van der Waals surface area contributed by atoms with Crippen LogP contribution in [-0.4, -0.2) is 34.0 Å². The molecule has 1 aromatic heterocycles. The van der Waals surface area contributed by atoms with Crippen LogP contribution >= 0.6 is 0 Å². The SMILES string of the molecule is CCc1ncc(NC(=O)N(C)C(C2CC2)C2CC2)cn1. The van der Waals surface area contributed by atoms with Gasteiger partial charge in [-0.05, 0) is 37.5 Å². The summed E-state index contributed by atoms with van der Waals surface area (Å²) in [6.45, 7) is 2.01. The lowest BCUT2D eigenvalue weighted by Crippen LogP contribution is -2.42. The predicted octanol–water partition coefficient (Wildman–Crippen LogP) is 2.69. The van der Waals surface area contributed by atoms with Crippen molar-refractivity contribution < 1.29 is 4.79 Å². The zero-order valence-electron chi connectivity index (χ0n) is 12.2. The topological polar surface area (TPSA) is 58.1 Å². The van der Waals surface area contributed by atoms with E-state index in [2.05, 4.69) is 15.3 Å². The van der Waals surface area contributed by atoms with E-state index in [1.54, 1.807) is 12.4 Å². The lowest BCUT2D eigenvalue weighted by molar-refractivity contribution is 0.187. The molecular weight excluding hydrogens is 252 g/mol. The molecule has 3 rings (SSSR count). The number of rotatable bonds is 5. The summed E-state index contributed by atoms with van der Waals surface area (Å²) in [6, 6.07) is 0.382. The Kier molecular flexibility index (Phi) is 3.59. The van der Waals surface area contributed by atoms with Crippen molar-refractivity contribution in [2.24, 2.45) is 11.8 Å². The fourth-order valence-corrected chi connectivity index (χ4v) is 2.84. The normalized spacial score (nSPS) is 18.1. The lowest BCUT2D eigenvalue weighted by Gasteiger charge is -2.28. The predicted molar refractivity (Wildman–Crippen MR) is 77.4 cm³/mol. The van der Waals surface area contributed by atoms with Crippen LogP contribution in [0.5, 0.6) is 0 Å². The van der Waals surface area contributed by atoms with Gasteiger partial charge in [0.2, 0.25) is 0 Å². The zero-order valence-corrected chi connectivity index (χ0v) is 12.2. The maximum Gasteiger partial charge on any atom is 0.321 e. The molecule has 0 radical (unpaired) electrons. The Morgan fingerprint density at radius 1 is 1.30 bits per heavy atom. The van der Waals surface area contributed by atoms with Crippen LogP contribution in [0.1, 0.15) is 38.4 Å². The number of aromatic nitrogens is 2. The molecule has 1 aromatic rings. The van der Waals surface area contributed by atoms with Gasteiger partial charge in [0.25, 0.3) is 0 Å². The Labute approximate surface area is 119 Å². The number of nitrogens with one attached hydrogen (secondary N) is 1. The summed E-state index contributed by atoms with van der Waals surface area (Å²) in [5.41, 5.74) is 0.671. The van der Waals surface area contributed by atoms with E-state index in [9.17, 15) is 4.79 Å². The second kappa shape index (κ2) is 5.38. The summed E-state index contributed by atoms with van der Waals surface area (Å²) in [6.07, 6.45) is 9.25. The number of aryl methyl sites for hydroxylation is 1. The highest BCUT2D eigenvalue weighted by molar-refractivity contribution is 5.89. The van der Waals surface area contributed by atoms with Gasteiger partial charge >= 0.3 is 6.03 Å². The van der Waals surface area contributed by atoms with Crippen LogP contribution in [0.15, 0.2) is 12.4 Å². The Balaban J connectivity index is 1.62. The quantitative estimate of drug-likeness (QED) is 0.898. The third-order valence-corrected chi connectivity index (χ3v) is 4.25. The van der Waals surface area contributed by atoms with Gasteiger partial charge in [-0.25, -0.2) is 14.8 Å². The van der Waals surface area contributed by atoms with Crippen molar-refractivity contribution in [3.05, 3.63) is 18.2 Å². The zero-order chi connectivity index (χ0) is 14.1. The molecule has 0 spiro atoms. The standard InChI is InChI=1S/C15H22N4O/c1-3-13-16-8-12(9-17-13)18-15(20)19(2)14(10-4-5-10)11-6-7-11/h8-11,14H,3-7H2,1-2H3,(H,18,20). The molecule has 0 bridgehead atoms. The molecule has 2 aliphatic rings. The van der Waals surface area contributed by atoms with Crippen LogP contribution in [0.3, 0.4) is 0 Å². The molecule has 2 saturated carbocycles. The average Bonchev–Trinajstić information content (AvgIpc) is 3.34. The molecule has 5 heteroatoms. The van der Waals surface area contributed by atoms with Crippen molar-refractivity contribution in [3.63, 3.8) is 0 Å². The van der Waals surface area contributed by atoms with Gasteiger partial charge in [0.15, 0.2) is 0 Å². The third-order valence-electron chi connectivity index (χ3n) is 4.25. The molecule has 0 saturated heterocycles. The lowest BCUT2D eigenvalue weighted by atomic mass is 10.1. The van der Waals surface area contributed by atoms with E-state index < -0.39 is 0 Å². The van der Waals surface area contributed by atoms with Crippen molar-refractivity contribution in [2.45, 2.75) is 45.1 Å². The van der Waals surface area contributed by atoms with Gasteiger partial charge in [-0.3, -0.25) is 0 Å². The van der Waals surface area contributed by atoms with Gasteiger partial charge in [0.05, 0.1) is 18.1 Å². The maximum atomic E-state index is 12.3. The van der Waals surface area contributed by atoms with E-state index in [0.717, 1.165) is 24.1 Å². The van der Waals surface area contributed by atoms with E-state index in [1.165, 1.54) is 25.7 Å². The first-order valence-corrected chi connectivity index (χ1v) is 7.53. The smallest absolute Gasteiger partial charge is 0.321 e. The number of carbonyl (C=O) groups is 1. The van der Waals surface area contributed by atoms with Crippen LogP contribution in [0.25, 0.3) is 0 Å². The largest absolute Gasteiger partial charge is 0.324 e. The molecular formula is C15H22N4O. The summed E-state index contributed by atoms with van der Waals surface area (Å²) in [5.74, 6) is 2.24. The van der Waals surface area contributed by atoms with Gasteiger partial charge < -0.3 is 10.2 Å². The first kappa shape index (κ1) is 13.3. The molecule has 1 N–H and O–H groups in total. The van der Waals surface area contributed by atoms with Crippen molar-refractivity contribution in [1.82, 2.24) is 14.9 Å². The van der Waals surface area contributed by atoms with Crippen molar-refractivity contribution in [2.75, 3.05) is 12.4 Å². The number of anilines is 1. The van der Waals surface area contributed by atoms with Crippen LogP contribution in [0, 0.1) is 11.8 Å². The average molecular weight is 274 g/mol. The summed E-state index contributed by atoms with van der Waals surface area (Å²) in [7, 11) is 1.91. The first-order valence-electron chi connectivity index (χ1n) is 7.53. The van der Waals surface area contributed by atoms with Crippen LogP contribution in [-0.2, 0) is 6.42 Å². The molecule has 0 atom stereocenters. The molecule has 2 fully saturated rings. The second-order valence-corrected chi connectivity index (χ2v) is 5.95. The number of hydrogen-bond acceptors (Lipinski definition) is 3. The van der Waals surface area contributed by atoms with Gasteiger partial charge in [0, 0.05) is 19.5 Å². The Bertz CT molecular complexity index is 467. The number of carbonyl (C=O) groups excluding carboxylic acids is 1. The van der Waals surface area contributed by atoms with Gasteiger partial charge in [-0.1, -0.05) is 6.92 Å². The van der Waals surface area contributed by atoms with Gasteiger partial charge in [-0.15, -0.1) is 0 Å². The number of urea groups is 1. The Hall–Kier alpha value is -1.65. The monoisotopic (exact) mass is 274 g/mol. The fourth-order valence-electron chi connectivity index (χ4n) is 2.84. The molecule has 0 aromatic carbocycles.